The number of nitrogens with one attached hydrogen (secondary N) is 1. The summed E-state index contributed by atoms with van der Waals surface area (Å²) in [5.74, 6) is -0.742. The van der Waals surface area contributed by atoms with E-state index in [1.54, 1.807) is 48.5 Å². The molecule has 0 radical (unpaired) electrons. The van der Waals surface area contributed by atoms with Gasteiger partial charge in [0.25, 0.3) is 5.91 Å². The van der Waals surface area contributed by atoms with E-state index < -0.39 is 5.97 Å². The van der Waals surface area contributed by atoms with Gasteiger partial charge in [-0.1, -0.05) is 50.2 Å². The molecule has 0 aromatic heterocycles. The first kappa shape index (κ1) is 19.7. The Kier molecular flexibility index (Phi) is 7.36. The molecule has 2 N–H and O–H groups in total. The molecule has 0 fully saturated rings. The summed E-state index contributed by atoms with van der Waals surface area (Å²) in [6, 6.07) is 13.7. The van der Waals surface area contributed by atoms with Crippen LogP contribution in [-0.2, 0) is 4.74 Å². The summed E-state index contributed by atoms with van der Waals surface area (Å²) in [6.07, 6.45) is 0.729. The minimum absolute atomic E-state index is 0.176. The number of carbonyl (C=O) groups excluding carboxylic acids is 1. The lowest BCUT2D eigenvalue weighted by Gasteiger charge is -2.12. The number of carboxylic acids is 1. The fourth-order valence-electron chi connectivity index (χ4n) is 2.61. The van der Waals surface area contributed by atoms with Gasteiger partial charge >= 0.3 is 5.97 Å². The highest BCUT2D eigenvalue weighted by Gasteiger charge is 2.17. The molecule has 0 bridgehead atoms. The van der Waals surface area contributed by atoms with Crippen LogP contribution in [0.5, 0.6) is 0 Å². The third kappa shape index (κ3) is 5.43. The standard InChI is InChI=1S/C21H25NO4/c1-15(2)14-26-13-7-12-22-20(23)18-10-5-3-8-16(18)17-9-4-6-11-19(17)21(24)25/h3-6,8-11,15H,7,12-14H2,1-2H3,(H,22,23)(H,24,25). The number of rotatable bonds is 9. The largest absolute Gasteiger partial charge is 0.478 e. The third-order valence-corrected chi connectivity index (χ3v) is 3.82. The van der Waals surface area contributed by atoms with Crippen molar-refractivity contribution in [3.05, 3.63) is 59.7 Å². The number of ether oxygens (including phenoxy) is 1. The molecule has 138 valence electrons. The molecule has 0 aliphatic rings. The van der Waals surface area contributed by atoms with Crippen LogP contribution in [-0.4, -0.2) is 36.7 Å². The fraction of sp³-hybridized carbons (Fsp3) is 0.333. The molecule has 2 rings (SSSR count). The molecule has 5 heteroatoms. The summed E-state index contributed by atoms with van der Waals surface area (Å²) in [5, 5.41) is 12.3. The maximum atomic E-state index is 12.6. The molecule has 5 nitrogen and oxygen atoms in total. The lowest BCUT2D eigenvalue weighted by Crippen LogP contribution is -2.26. The lowest BCUT2D eigenvalue weighted by atomic mass is 9.95. The normalized spacial score (nSPS) is 10.7. The number of carbonyl (C=O) groups is 2. The molecule has 0 aliphatic carbocycles. The van der Waals surface area contributed by atoms with Crippen LogP contribution < -0.4 is 5.32 Å². The van der Waals surface area contributed by atoms with Gasteiger partial charge in [-0.3, -0.25) is 4.79 Å². The maximum Gasteiger partial charge on any atom is 0.336 e. The molecular weight excluding hydrogens is 330 g/mol. The van der Waals surface area contributed by atoms with Crippen LogP contribution >= 0.6 is 0 Å². The fourth-order valence-corrected chi connectivity index (χ4v) is 2.61. The summed E-state index contributed by atoms with van der Waals surface area (Å²) in [4.78, 5) is 24.0. The van der Waals surface area contributed by atoms with E-state index >= 15 is 0 Å². The van der Waals surface area contributed by atoms with Gasteiger partial charge in [-0.2, -0.15) is 0 Å². The second-order valence-electron chi connectivity index (χ2n) is 6.47. The Morgan fingerprint density at radius 3 is 2.19 bits per heavy atom. The Balaban J connectivity index is 2.07. The molecule has 0 unspecified atom stereocenters. The first-order chi connectivity index (χ1) is 12.5. The molecule has 0 heterocycles. The zero-order valence-corrected chi connectivity index (χ0v) is 15.2. The number of carboxylic acid groups (broad SMARTS) is 1. The van der Waals surface area contributed by atoms with Crippen LogP contribution in [0.25, 0.3) is 11.1 Å². The lowest BCUT2D eigenvalue weighted by molar-refractivity contribution is 0.0697. The molecule has 0 saturated heterocycles. The van der Waals surface area contributed by atoms with Crippen LogP contribution in [0.4, 0.5) is 0 Å². The van der Waals surface area contributed by atoms with E-state index in [4.69, 9.17) is 4.74 Å². The molecule has 2 aromatic rings. The van der Waals surface area contributed by atoms with Crippen LogP contribution in [0.2, 0.25) is 0 Å². The highest BCUT2D eigenvalue weighted by atomic mass is 16.5. The van der Waals surface area contributed by atoms with Crippen molar-refractivity contribution in [1.82, 2.24) is 5.32 Å². The highest BCUT2D eigenvalue weighted by molar-refractivity contribution is 6.04. The molecular formula is C21H25NO4. The number of benzene rings is 2. The first-order valence-electron chi connectivity index (χ1n) is 8.78. The third-order valence-electron chi connectivity index (χ3n) is 3.82. The van der Waals surface area contributed by atoms with Crippen molar-refractivity contribution in [3.8, 4) is 11.1 Å². The minimum Gasteiger partial charge on any atom is -0.478 e. The molecule has 1 amide bonds. The Morgan fingerprint density at radius 2 is 1.58 bits per heavy atom. The summed E-state index contributed by atoms with van der Waals surface area (Å²) in [7, 11) is 0. The quantitative estimate of drug-likeness (QED) is 0.670. The monoisotopic (exact) mass is 355 g/mol. The van der Waals surface area contributed by atoms with Crippen molar-refractivity contribution in [2.75, 3.05) is 19.8 Å². The number of hydrogen-bond donors (Lipinski definition) is 2. The molecule has 0 atom stereocenters. The summed E-state index contributed by atoms with van der Waals surface area (Å²) in [5.41, 5.74) is 1.78. The zero-order valence-electron chi connectivity index (χ0n) is 15.2. The van der Waals surface area contributed by atoms with E-state index in [0.29, 0.717) is 42.4 Å². The van der Waals surface area contributed by atoms with Gasteiger partial charge in [-0.25, -0.2) is 4.79 Å². The second kappa shape index (κ2) is 9.73. The van der Waals surface area contributed by atoms with Crippen molar-refractivity contribution >= 4 is 11.9 Å². The maximum absolute atomic E-state index is 12.6. The van der Waals surface area contributed by atoms with Crippen molar-refractivity contribution in [2.24, 2.45) is 5.92 Å². The SMILES string of the molecule is CC(C)COCCCNC(=O)c1ccccc1-c1ccccc1C(=O)O. The zero-order chi connectivity index (χ0) is 18.9. The molecule has 26 heavy (non-hydrogen) atoms. The van der Waals surface area contributed by atoms with Crippen molar-refractivity contribution in [1.29, 1.82) is 0 Å². The summed E-state index contributed by atoms with van der Waals surface area (Å²) < 4.78 is 5.50. The Labute approximate surface area is 154 Å². The van der Waals surface area contributed by atoms with Crippen LogP contribution in [0, 0.1) is 5.92 Å². The molecule has 0 aliphatic heterocycles. The molecule has 0 spiro atoms. The van der Waals surface area contributed by atoms with Crippen molar-refractivity contribution in [3.63, 3.8) is 0 Å². The average Bonchev–Trinajstić information content (AvgIpc) is 2.64. The van der Waals surface area contributed by atoms with E-state index in [2.05, 4.69) is 19.2 Å². The van der Waals surface area contributed by atoms with Gasteiger partial charge < -0.3 is 15.2 Å². The predicted octanol–water partition coefficient (Wildman–Crippen LogP) is 3.84. The first-order valence-corrected chi connectivity index (χ1v) is 8.78. The van der Waals surface area contributed by atoms with Crippen LogP contribution in [0.15, 0.2) is 48.5 Å². The van der Waals surface area contributed by atoms with Gasteiger partial charge in [0, 0.05) is 25.3 Å². The van der Waals surface area contributed by atoms with Gasteiger partial charge in [0.1, 0.15) is 0 Å². The Bertz CT molecular complexity index is 755. The van der Waals surface area contributed by atoms with Crippen LogP contribution in [0.1, 0.15) is 41.0 Å². The van der Waals surface area contributed by atoms with Gasteiger partial charge in [-0.05, 0) is 35.6 Å². The molecule has 0 saturated carbocycles. The van der Waals surface area contributed by atoms with E-state index in [1.807, 2.05) is 0 Å². The van der Waals surface area contributed by atoms with Gasteiger partial charge in [0.2, 0.25) is 0 Å². The number of aromatic carboxylic acids is 1. The summed E-state index contributed by atoms with van der Waals surface area (Å²) >= 11 is 0. The smallest absolute Gasteiger partial charge is 0.336 e. The Hall–Kier alpha value is -2.66. The predicted molar refractivity (Wildman–Crippen MR) is 101 cm³/mol. The van der Waals surface area contributed by atoms with E-state index in [-0.39, 0.29) is 11.5 Å². The minimum atomic E-state index is -1.02. The van der Waals surface area contributed by atoms with E-state index in [9.17, 15) is 14.7 Å². The van der Waals surface area contributed by atoms with E-state index in [0.717, 1.165) is 6.42 Å². The van der Waals surface area contributed by atoms with Gasteiger partial charge in [-0.15, -0.1) is 0 Å². The van der Waals surface area contributed by atoms with Crippen molar-refractivity contribution in [2.45, 2.75) is 20.3 Å². The summed E-state index contributed by atoms with van der Waals surface area (Å²) in [6.45, 7) is 6.00. The van der Waals surface area contributed by atoms with Crippen LogP contribution in [0.3, 0.4) is 0 Å². The van der Waals surface area contributed by atoms with E-state index in [1.165, 1.54) is 0 Å². The second-order valence-corrected chi connectivity index (χ2v) is 6.47. The number of hydrogen-bond acceptors (Lipinski definition) is 3. The van der Waals surface area contributed by atoms with Gasteiger partial charge in [0.15, 0.2) is 0 Å². The highest BCUT2D eigenvalue weighted by Crippen LogP contribution is 2.27. The Morgan fingerprint density at radius 1 is 1.00 bits per heavy atom. The topological polar surface area (TPSA) is 75.6 Å². The number of amides is 1. The van der Waals surface area contributed by atoms with Gasteiger partial charge in [0.05, 0.1) is 5.56 Å². The average molecular weight is 355 g/mol. The van der Waals surface area contributed by atoms with Crippen molar-refractivity contribution < 1.29 is 19.4 Å². The molecule has 2 aromatic carbocycles.